The Morgan fingerprint density at radius 2 is 2.11 bits per heavy atom. The number of halogens is 1. The molecule has 1 heterocycles. The predicted molar refractivity (Wildman–Crippen MR) is 76.6 cm³/mol. The molecule has 1 N–H and O–H groups in total. The fourth-order valence-corrected chi connectivity index (χ4v) is 2.43. The monoisotopic (exact) mass is 266 g/mol. The van der Waals surface area contributed by atoms with E-state index in [2.05, 4.69) is 22.3 Å². The first kappa shape index (κ1) is 13.2. The Bertz CT molecular complexity index is 428. The fourth-order valence-electron chi connectivity index (χ4n) is 2.26. The first-order valence-corrected chi connectivity index (χ1v) is 6.95. The van der Waals surface area contributed by atoms with Gasteiger partial charge in [0.05, 0.1) is 0 Å². The molecular weight excluding hydrogens is 248 g/mol. The van der Waals surface area contributed by atoms with Gasteiger partial charge in [0.1, 0.15) is 0 Å². The van der Waals surface area contributed by atoms with E-state index in [0.717, 1.165) is 24.3 Å². The zero-order chi connectivity index (χ0) is 13.0. The van der Waals surface area contributed by atoms with Crippen LogP contribution in [0.5, 0.6) is 0 Å². The van der Waals surface area contributed by atoms with Gasteiger partial charge in [-0.25, -0.2) is 0 Å². The lowest BCUT2D eigenvalue weighted by Gasteiger charge is -2.19. The van der Waals surface area contributed by atoms with E-state index in [1.54, 1.807) is 0 Å². The summed E-state index contributed by atoms with van der Waals surface area (Å²) in [5.41, 5.74) is 3.23. The molecule has 1 fully saturated rings. The van der Waals surface area contributed by atoms with Gasteiger partial charge >= 0.3 is 0 Å². The highest BCUT2D eigenvalue weighted by atomic mass is 35.5. The van der Waals surface area contributed by atoms with Crippen LogP contribution in [0.2, 0.25) is 0 Å². The van der Waals surface area contributed by atoms with Crippen molar-refractivity contribution in [2.75, 3.05) is 29.2 Å². The lowest BCUT2D eigenvalue weighted by Crippen LogP contribution is -2.18. The second-order valence-corrected chi connectivity index (χ2v) is 5.06. The molecule has 3 nitrogen and oxygen atoms in total. The molecule has 2 rings (SSSR count). The number of hydrogen-bond acceptors (Lipinski definition) is 2. The molecule has 18 heavy (non-hydrogen) atoms. The molecular formula is C14H19ClN2O. The van der Waals surface area contributed by atoms with E-state index < -0.39 is 0 Å². The van der Waals surface area contributed by atoms with Crippen LogP contribution >= 0.6 is 11.6 Å². The molecule has 0 aliphatic carbocycles. The molecule has 1 aromatic carbocycles. The number of carbonyl (C=O) groups is 1. The molecule has 1 amide bonds. The maximum atomic E-state index is 11.5. The Hall–Kier alpha value is -1.22. The van der Waals surface area contributed by atoms with E-state index in [0.29, 0.717) is 12.3 Å². The minimum Gasteiger partial charge on any atom is -0.372 e. The Balaban J connectivity index is 2.07. The van der Waals surface area contributed by atoms with Crippen LogP contribution in [0.15, 0.2) is 18.2 Å². The maximum Gasteiger partial charge on any atom is 0.225 e. The first-order valence-electron chi connectivity index (χ1n) is 6.42. The second kappa shape index (κ2) is 6.10. The van der Waals surface area contributed by atoms with Gasteiger partial charge in [-0.3, -0.25) is 4.79 Å². The molecule has 4 heteroatoms. The molecule has 0 unspecified atom stereocenters. The molecule has 98 valence electrons. The molecule has 1 aliphatic heterocycles. The number of anilines is 2. The third-order valence-electron chi connectivity index (χ3n) is 3.28. The zero-order valence-corrected chi connectivity index (χ0v) is 11.5. The van der Waals surface area contributed by atoms with Crippen LogP contribution in [0, 0.1) is 6.92 Å². The van der Waals surface area contributed by atoms with Gasteiger partial charge in [-0.15, -0.1) is 11.6 Å². The quantitative estimate of drug-likeness (QED) is 0.849. The summed E-state index contributed by atoms with van der Waals surface area (Å²) in [7, 11) is 0. The summed E-state index contributed by atoms with van der Waals surface area (Å²) in [6, 6.07) is 6.20. The van der Waals surface area contributed by atoms with Gasteiger partial charge in [0.25, 0.3) is 0 Å². The number of carbonyl (C=O) groups excluding carboxylic acids is 1. The van der Waals surface area contributed by atoms with Gasteiger partial charge in [-0.1, -0.05) is 0 Å². The van der Waals surface area contributed by atoms with Crippen LogP contribution in [0.1, 0.15) is 24.8 Å². The molecule has 0 bridgehead atoms. The summed E-state index contributed by atoms with van der Waals surface area (Å²) in [5, 5.41) is 2.89. The third kappa shape index (κ3) is 3.16. The van der Waals surface area contributed by atoms with Gasteiger partial charge in [-0.05, 0) is 43.5 Å². The van der Waals surface area contributed by atoms with Gasteiger partial charge in [0.15, 0.2) is 0 Å². The summed E-state index contributed by atoms with van der Waals surface area (Å²) < 4.78 is 0. The van der Waals surface area contributed by atoms with Gasteiger partial charge < -0.3 is 10.2 Å². The van der Waals surface area contributed by atoms with Crippen molar-refractivity contribution in [3.63, 3.8) is 0 Å². The van der Waals surface area contributed by atoms with Crippen LogP contribution in [0.3, 0.4) is 0 Å². The van der Waals surface area contributed by atoms with Crippen molar-refractivity contribution in [1.29, 1.82) is 0 Å². The molecule has 0 atom stereocenters. The van der Waals surface area contributed by atoms with E-state index in [9.17, 15) is 4.79 Å². The van der Waals surface area contributed by atoms with Crippen LogP contribution in [-0.2, 0) is 4.79 Å². The fraction of sp³-hybridized carbons (Fsp3) is 0.500. The summed E-state index contributed by atoms with van der Waals surface area (Å²) in [4.78, 5) is 13.9. The molecule has 0 spiro atoms. The average molecular weight is 267 g/mol. The van der Waals surface area contributed by atoms with E-state index in [1.165, 1.54) is 18.5 Å². The molecule has 0 radical (unpaired) electrons. The van der Waals surface area contributed by atoms with Crippen molar-refractivity contribution >= 4 is 28.9 Å². The number of alkyl halides is 1. The minimum absolute atomic E-state index is 0.0259. The van der Waals surface area contributed by atoms with Crippen molar-refractivity contribution < 1.29 is 4.79 Å². The van der Waals surface area contributed by atoms with Gasteiger partial charge in [0.2, 0.25) is 5.91 Å². The summed E-state index contributed by atoms with van der Waals surface area (Å²) in [6.07, 6.45) is 2.90. The number of rotatable bonds is 4. The lowest BCUT2D eigenvalue weighted by atomic mass is 10.1. The number of benzene rings is 1. The third-order valence-corrected chi connectivity index (χ3v) is 3.47. The number of amides is 1. The second-order valence-electron chi connectivity index (χ2n) is 4.68. The summed E-state index contributed by atoms with van der Waals surface area (Å²) >= 11 is 5.55. The summed E-state index contributed by atoms with van der Waals surface area (Å²) in [6.45, 7) is 4.30. The lowest BCUT2D eigenvalue weighted by molar-refractivity contribution is -0.115. The van der Waals surface area contributed by atoms with Crippen LogP contribution in [0.4, 0.5) is 11.4 Å². The van der Waals surface area contributed by atoms with E-state index in [-0.39, 0.29) is 5.91 Å². The van der Waals surface area contributed by atoms with Crippen molar-refractivity contribution in [3.05, 3.63) is 23.8 Å². The van der Waals surface area contributed by atoms with E-state index >= 15 is 0 Å². The van der Waals surface area contributed by atoms with Crippen LogP contribution < -0.4 is 10.2 Å². The number of hydrogen-bond donors (Lipinski definition) is 1. The molecule has 1 aromatic rings. The van der Waals surface area contributed by atoms with Crippen molar-refractivity contribution in [1.82, 2.24) is 0 Å². The highest BCUT2D eigenvalue weighted by Gasteiger charge is 2.13. The summed E-state index contributed by atoms with van der Waals surface area (Å²) in [5.74, 6) is 0.332. The topological polar surface area (TPSA) is 32.3 Å². The number of aryl methyl sites for hydroxylation is 1. The smallest absolute Gasteiger partial charge is 0.225 e. The zero-order valence-electron chi connectivity index (χ0n) is 10.7. The van der Waals surface area contributed by atoms with Crippen LogP contribution in [0.25, 0.3) is 0 Å². The average Bonchev–Trinajstić information content (AvgIpc) is 2.85. The van der Waals surface area contributed by atoms with Crippen molar-refractivity contribution in [2.24, 2.45) is 0 Å². The van der Waals surface area contributed by atoms with Crippen molar-refractivity contribution in [3.8, 4) is 0 Å². The van der Waals surface area contributed by atoms with E-state index in [4.69, 9.17) is 11.6 Å². The first-order chi connectivity index (χ1) is 8.70. The van der Waals surface area contributed by atoms with Crippen LogP contribution in [-0.4, -0.2) is 24.9 Å². The van der Waals surface area contributed by atoms with Gasteiger partial charge in [-0.2, -0.15) is 0 Å². The Kier molecular flexibility index (Phi) is 4.48. The largest absolute Gasteiger partial charge is 0.372 e. The standard InChI is InChI=1S/C14H19ClN2O/c1-11-10-12(17-8-2-3-9-17)4-5-13(11)16-14(18)6-7-15/h4-5,10H,2-3,6-9H2,1H3,(H,16,18). The Morgan fingerprint density at radius 1 is 1.39 bits per heavy atom. The Morgan fingerprint density at radius 3 is 2.72 bits per heavy atom. The number of nitrogens with zero attached hydrogens (tertiary/aromatic N) is 1. The molecule has 0 aromatic heterocycles. The van der Waals surface area contributed by atoms with Crippen molar-refractivity contribution in [2.45, 2.75) is 26.2 Å². The predicted octanol–water partition coefficient (Wildman–Crippen LogP) is 3.16. The maximum absolute atomic E-state index is 11.5. The molecule has 1 saturated heterocycles. The highest BCUT2D eigenvalue weighted by Crippen LogP contribution is 2.25. The highest BCUT2D eigenvalue weighted by molar-refractivity contribution is 6.19. The Labute approximate surface area is 113 Å². The van der Waals surface area contributed by atoms with Gasteiger partial charge in [0, 0.05) is 36.8 Å². The number of nitrogens with one attached hydrogen (secondary N) is 1. The normalized spacial score (nSPS) is 14.9. The minimum atomic E-state index is -0.0259. The van der Waals surface area contributed by atoms with E-state index in [1.807, 2.05) is 13.0 Å². The SMILES string of the molecule is Cc1cc(N2CCCC2)ccc1NC(=O)CCCl. The molecule has 1 aliphatic rings. The molecule has 0 saturated carbocycles.